The summed E-state index contributed by atoms with van der Waals surface area (Å²) >= 11 is 11.9. The highest BCUT2D eigenvalue weighted by Gasteiger charge is 2.53. The Morgan fingerprint density at radius 2 is 1.65 bits per heavy atom. The van der Waals surface area contributed by atoms with E-state index in [1.807, 2.05) is 27.7 Å². The molecule has 1 aliphatic heterocycles. The molecule has 7 heteroatoms. The molecule has 110 valence electrons. The van der Waals surface area contributed by atoms with Crippen LogP contribution in [-0.4, -0.2) is 23.4 Å². The highest BCUT2D eigenvalue weighted by molar-refractivity contribution is 6.48. The van der Waals surface area contributed by atoms with Crippen LogP contribution in [0.2, 0.25) is 10.0 Å². The van der Waals surface area contributed by atoms with Gasteiger partial charge < -0.3 is 20.1 Å². The van der Waals surface area contributed by atoms with E-state index in [1.165, 1.54) is 12.1 Å². The molecule has 1 aromatic rings. The minimum atomic E-state index is -0.708. The SMILES string of the molecule is CC1(C)OB(C(N)c2c(O)cc(Cl)cc2Cl)OC1(C)C. The molecule has 0 amide bonds. The van der Waals surface area contributed by atoms with Crippen molar-refractivity contribution in [1.82, 2.24) is 0 Å². The van der Waals surface area contributed by atoms with Crippen LogP contribution in [0.5, 0.6) is 5.75 Å². The molecule has 2 rings (SSSR count). The third-order valence-corrected chi connectivity index (χ3v) is 4.50. The second kappa shape index (κ2) is 5.07. The maximum atomic E-state index is 10.0. The number of phenols is 1. The fourth-order valence-corrected chi connectivity index (χ4v) is 2.68. The summed E-state index contributed by atoms with van der Waals surface area (Å²) in [6, 6.07) is 2.93. The number of halogens is 2. The van der Waals surface area contributed by atoms with Crippen LogP contribution in [-0.2, 0) is 9.31 Å². The predicted molar refractivity (Wildman–Crippen MR) is 81.1 cm³/mol. The molecular weight excluding hydrogens is 300 g/mol. The van der Waals surface area contributed by atoms with Gasteiger partial charge in [-0.25, -0.2) is 0 Å². The van der Waals surface area contributed by atoms with Gasteiger partial charge in [0.15, 0.2) is 0 Å². The lowest BCUT2D eigenvalue weighted by atomic mass is 9.74. The second-order valence-electron chi connectivity index (χ2n) is 5.97. The van der Waals surface area contributed by atoms with Crippen molar-refractivity contribution in [2.45, 2.75) is 44.8 Å². The van der Waals surface area contributed by atoms with Crippen LogP contribution in [0.1, 0.15) is 39.2 Å². The smallest absolute Gasteiger partial charge is 0.480 e. The Balaban J connectivity index is 2.33. The zero-order valence-electron chi connectivity index (χ0n) is 11.9. The fraction of sp³-hybridized carbons (Fsp3) is 0.538. The zero-order valence-corrected chi connectivity index (χ0v) is 13.4. The summed E-state index contributed by atoms with van der Waals surface area (Å²) < 4.78 is 11.7. The molecule has 0 saturated carbocycles. The van der Waals surface area contributed by atoms with E-state index in [4.69, 9.17) is 38.2 Å². The Kier molecular flexibility index (Phi) is 4.04. The van der Waals surface area contributed by atoms with Crippen LogP contribution in [0.3, 0.4) is 0 Å². The van der Waals surface area contributed by atoms with Gasteiger partial charge in [0.25, 0.3) is 0 Å². The van der Waals surface area contributed by atoms with Gasteiger partial charge in [0.05, 0.1) is 17.1 Å². The van der Waals surface area contributed by atoms with E-state index >= 15 is 0 Å². The van der Waals surface area contributed by atoms with Crippen molar-refractivity contribution in [3.63, 3.8) is 0 Å². The summed E-state index contributed by atoms with van der Waals surface area (Å²) in [4.78, 5) is 0. The van der Waals surface area contributed by atoms with Crippen LogP contribution >= 0.6 is 23.2 Å². The lowest BCUT2D eigenvalue weighted by Gasteiger charge is -2.32. The van der Waals surface area contributed by atoms with Gasteiger partial charge in [-0.15, -0.1) is 0 Å². The molecule has 0 aromatic heterocycles. The summed E-state index contributed by atoms with van der Waals surface area (Å²) in [5, 5.41) is 10.6. The van der Waals surface area contributed by atoms with Crippen LogP contribution in [0.25, 0.3) is 0 Å². The number of benzene rings is 1. The lowest BCUT2D eigenvalue weighted by molar-refractivity contribution is 0.00578. The monoisotopic (exact) mass is 317 g/mol. The molecule has 1 aliphatic rings. The molecule has 0 aliphatic carbocycles. The topological polar surface area (TPSA) is 64.7 Å². The van der Waals surface area contributed by atoms with Crippen molar-refractivity contribution in [3.8, 4) is 5.75 Å². The van der Waals surface area contributed by atoms with Gasteiger partial charge in [0, 0.05) is 15.6 Å². The number of hydrogen-bond donors (Lipinski definition) is 2. The van der Waals surface area contributed by atoms with Gasteiger partial charge >= 0.3 is 7.12 Å². The average molecular weight is 318 g/mol. The van der Waals surface area contributed by atoms with E-state index < -0.39 is 24.3 Å². The Hall–Kier alpha value is -0.455. The van der Waals surface area contributed by atoms with E-state index in [0.29, 0.717) is 10.6 Å². The standard InChI is InChI=1S/C13H18BCl2NO3/c1-12(2)13(3,4)20-14(19-12)11(17)10-8(16)5-7(15)6-9(10)18/h5-6,11,18H,17H2,1-4H3. The first-order chi connectivity index (χ1) is 9.05. The van der Waals surface area contributed by atoms with Gasteiger partial charge in [-0.1, -0.05) is 23.2 Å². The summed E-state index contributed by atoms with van der Waals surface area (Å²) in [6.45, 7) is 7.73. The van der Waals surface area contributed by atoms with E-state index in [2.05, 4.69) is 0 Å². The molecule has 1 fully saturated rings. The largest absolute Gasteiger partial charge is 0.508 e. The normalized spacial score (nSPS) is 22.1. The zero-order chi connectivity index (χ0) is 15.3. The minimum Gasteiger partial charge on any atom is -0.508 e. The second-order valence-corrected chi connectivity index (χ2v) is 6.81. The number of aromatic hydroxyl groups is 1. The van der Waals surface area contributed by atoms with E-state index in [0.717, 1.165) is 0 Å². The van der Waals surface area contributed by atoms with E-state index in [1.54, 1.807) is 0 Å². The Labute approximate surface area is 129 Å². The lowest BCUT2D eigenvalue weighted by Crippen LogP contribution is -2.41. The van der Waals surface area contributed by atoms with Gasteiger partial charge in [0.2, 0.25) is 0 Å². The van der Waals surface area contributed by atoms with Crippen LogP contribution < -0.4 is 5.73 Å². The first kappa shape index (κ1) is 15.9. The highest BCUT2D eigenvalue weighted by Crippen LogP contribution is 2.42. The van der Waals surface area contributed by atoms with E-state index in [9.17, 15) is 5.11 Å². The first-order valence-corrected chi connectivity index (χ1v) is 7.10. The summed E-state index contributed by atoms with van der Waals surface area (Å²) in [5.41, 5.74) is 5.53. The van der Waals surface area contributed by atoms with Gasteiger partial charge in [-0.2, -0.15) is 0 Å². The van der Waals surface area contributed by atoms with Crippen LogP contribution in [0.15, 0.2) is 12.1 Å². The first-order valence-electron chi connectivity index (χ1n) is 6.34. The fourth-order valence-electron chi connectivity index (χ4n) is 2.07. The Bertz CT molecular complexity index is 497. The molecular formula is C13H18BCl2NO3. The van der Waals surface area contributed by atoms with Crippen molar-refractivity contribution in [3.05, 3.63) is 27.7 Å². The quantitative estimate of drug-likeness (QED) is 0.821. The van der Waals surface area contributed by atoms with Crippen LogP contribution in [0, 0.1) is 0 Å². The van der Waals surface area contributed by atoms with Gasteiger partial charge in [0.1, 0.15) is 5.75 Å². The average Bonchev–Trinajstić information content (AvgIpc) is 2.46. The third-order valence-electron chi connectivity index (χ3n) is 3.97. The molecule has 1 atom stereocenters. The molecule has 1 saturated heterocycles. The Morgan fingerprint density at radius 1 is 1.15 bits per heavy atom. The molecule has 0 radical (unpaired) electrons. The summed E-state index contributed by atoms with van der Waals surface area (Å²) in [5.74, 6) is -0.773. The minimum absolute atomic E-state index is 0.0651. The number of hydrogen-bond acceptors (Lipinski definition) is 4. The Morgan fingerprint density at radius 3 is 2.10 bits per heavy atom. The maximum absolute atomic E-state index is 10.0. The van der Waals surface area contributed by atoms with Crippen LogP contribution in [0.4, 0.5) is 0 Å². The number of rotatable bonds is 2. The van der Waals surface area contributed by atoms with Gasteiger partial charge in [-0.3, -0.25) is 0 Å². The molecule has 4 nitrogen and oxygen atoms in total. The highest BCUT2D eigenvalue weighted by atomic mass is 35.5. The van der Waals surface area contributed by atoms with Gasteiger partial charge in [-0.05, 0) is 39.8 Å². The summed E-state index contributed by atoms with van der Waals surface area (Å²) in [7, 11) is -0.690. The third kappa shape index (κ3) is 2.65. The molecule has 3 N–H and O–H groups in total. The summed E-state index contributed by atoms with van der Waals surface area (Å²) in [6.07, 6.45) is 0. The van der Waals surface area contributed by atoms with Crippen molar-refractivity contribution in [1.29, 1.82) is 0 Å². The van der Waals surface area contributed by atoms with Crippen molar-refractivity contribution < 1.29 is 14.4 Å². The maximum Gasteiger partial charge on any atom is 0.480 e. The number of nitrogens with two attached hydrogens (primary N) is 1. The molecule has 1 aromatic carbocycles. The van der Waals surface area contributed by atoms with Crippen molar-refractivity contribution in [2.75, 3.05) is 0 Å². The molecule has 0 spiro atoms. The number of phenolic OH excluding ortho intramolecular Hbond substituents is 1. The van der Waals surface area contributed by atoms with E-state index in [-0.39, 0.29) is 10.8 Å². The predicted octanol–water partition coefficient (Wildman–Crippen LogP) is 3.33. The molecule has 0 bridgehead atoms. The van der Waals surface area contributed by atoms with Crippen molar-refractivity contribution in [2.24, 2.45) is 5.73 Å². The molecule has 1 unspecified atom stereocenters. The van der Waals surface area contributed by atoms with Crippen molar-refractivity contribution >= 4 is 30.3 Å². The molecule has 1 heterocycles. The molecule has 20 heavy (non-hydrogen) atoms.